The zero-order valence-electron chi connectivity index (χ0n) is 22.1. The summed E-state index contributed by atoms with van der Waals surface area (Å²) in [7, 11) is 0. The monoisotopic (exact) mass is 479 g/mol. The lowest BCUT2D eigenvalue weighted by Gasteiger charge is -2.46. The topological polar surface area (TPSA) is 55.8 Å². The van der Waals surface area contributed by atoms with E-state index >= 15 is 0 Å². The van der Waals surface area contributed by atoms with Gasteiger partial charge in [-0.25, -0.2) is 0 Å². The van der Waals surface area contributed by atoms with Crippen molar-refractivity contribution in [1.82, 2.24) is 4.90 Å². The highest BCUT2D eigenvalue weighted by Crippen LogP contribution is 2.43. The van der Waals surface area contributed by atoms with Crippen molar-refractivity contribution in [3.8, 4) is 0 Å². The molecule has 3 heterocycles. The van der Waals surface area contributed by atoms with Crippen molar-refractivity contribution in [3.05, 3.63) is 58.2 Å². The predicted octanol–water partition coefficient (Wildman–Crippen LogP) is 5.98. The van der Waals surface area contributed by atoms with Crippen molar-refractivity contribution < 1.29 is 19.1 Å². The molecule has 0 unspecified atom stereocenters. The Labute approximate surface area is 210 Å². The SMILES string of the molecule is CC(C)=CCC/C(C)=C/[C@@H]1CC(C)=C[C@]2(C=C(C(=O)N3CCCCC3)[C@H]3CC(=O)C(C)=C[C@H]3O2)O1. The fourth-order valence-electron chi connectivity index (χ4n) is 5.66. The molecule has 4 atom stereocenters. The van der Waals surface area contributed by atoms with Crippen LogP contribution in [0.4, 0.5) is 0 Å². The summed E-state index contributed by atoms with van der Waals surface area (Å²) in [5.41, 5.74) is 5.19. The van der Waals surface area contributed by atoms with Crippen molar-refractivity contribution in [3.63, 3.8) is 0 Å². The van der Waals surface area contributed by atoms with Crippen LogP contribution in [0.3, 0.4) is 0 Å². The number of carbonyl (C=O) groups is 2. The van der Waals surface area contributed by atoms with E-state index in [-0.39, 0.29) is 29.8 Å². The Morgan fingerprint density at radius 1 is 1.09 bits per heavy atom. The van der Waals surface area contributed by atoms with Gasteiger partial charge in [0.15, 0.2) is 5.78 Å². The van der Waals surface area contributed by atoms with E-state index < -0.39 is 5.79 Å². The lowest BCUT2D eigenvalue weighted by Crippen LogP contribution is -2.51. The van der Waals surface area contributed by atoms with Crippen LogP contribution >= 0.6 is 0 Å². The number of amides is 1. The molecule has 190 valence electrons. The maximum Gasteiger partial charge on any atom is 0.250 e. The Morgan fingerprint density at radius 3 is 2.54 bits per heavy atom. The molecule has 0 radical (unpaired) electrons. The molecule has 0 aromatic heterocycles. The van der Waals surface area contributed by atoms with Crippen LogP contribution in [0.25, 0.3) is 0 Å². The molecular formula is C30H41NO4. The summed E-state index contributed by atoms with van der Waals surface area (Å²) in [6.45, 7) is 11.9. The van der Waals surface area contributed by atoms with E-state index in [1.165, 1.54) is 16.7 Å². The number of nitrogens with zero attached hydrogens (tertiary/aromatic N) is 1. The van der Waals surface area contributed by atoms with Crippen LogP contribution in [0.2, 0.25) is 0 Å². The number of allylic oxidation sites excluding steroid dienone is 4. The fourth-order valence-corrected chi connectivity index (χ4v) is 5.66. The van der Waals surface area contributed by atoms with Crippen LogP contribution in [0, 0.1) is 5.92 Å². The van der Waals surface area contributed by atoms with Crippen LogP contribution in [0.5, 0.6) is 0 Å². The van der Waals surface area contributed by atoms with Crippen LogP contribution in [0.1, 0.15) is 79.6 Å². The number of rotatable bonds is 5. The quantitative estimate of drug-likeness (QED) is 0.455. The van der Waals surface area contributed by atoms with Gasteiger partial charge in [-0.05, 0) is 96.9 Å². The average molecular weight is 480 g/mol. The molecule has 0 saturated carbocycles. The van der Waals surface area contributed by atoms with Gasteiger partial charge in [0.25, 0.3) is 0 Å². The van der Waals surface area contributed by atoms with Crippen molar-refractivity contribution in [1.29, 1.82) is 0 Å². The number of ketones is 1. The Morgan fingerprint density at radius 2 is 1.83 bits per heavy atom. The van der Waals surface area contributed by atoms with Gasteiger partial charge in [0.1, 0.15) is 0 Å². The minimum atomic E-state index is -1.09. The zero-order chi connectivity index (χ0) is 25.2. The third-order valence-corrected chi connectivity index (χ3v) is 7.49. The molecule has 0 N–H and O–H groups in total. The second kappa shape index (κ2) is 10.8. The van der Waals surface area contributed by atoms with Gasteiger partial charge in [0, 0.05) is 31.0 Å². The van der Waals surface area contributed by atoms with Crippen LogP contribution in [-0.4, -0.2) is 47.7 Å². The standard InChI is InChI=1S/C30H41NO4/c1-20(2)10-9-11-21(3)14-24-15-22(4)18-30(34-24)19-26(29(33)31-12-7-6-8-13-31)25-17-27(32)23(5)16-28(25)35-30/h10,14,16,18-19,24-25,28H,6-9,11-13,15,17H2,1-5H3/b21-14+/t24-,25-,28-,30+/m1/s1. The van der Waals surface area contributed by atoms with Crippen molar-refractivity contribution in [2.75, 3.05) is 13.1 Å². The third-order valence-electron chi connectivity index (χ3n) is 7.49. The highest BCUT2D eigenvalue weighted by Gasteiger charge is 2.48. The molecule has 1 fully saturated rings. The minimum Gasteiger partial charge on any atom is -0.339 e. The lowest BCUT2D eigenvalue weighted by atomic mass is 9.78. The molecular weight excluding hydrogens is 438 g/mol. The number of Topliss-reactive ketones (excluding diaryl/α,β-unsaturated/α-hetero) is 1. The second-order valence-electron chi connectivity index (χ2n) is 11.0. The molecule has 0 aromatic carbocycles. The molecule has 0 bridgehead atoms. The van der Waals surface area contributed by atoms with Gasteiger partial charge >= 0.3 is 0 Å². The highest BCUT2D eigenvalue weighted by molar-refractivity contribution is 6.00. The van der Waals surface area contributed by atoms with Crippen molar-refractivity contribution in [2.45, 2.75) is 97.6 Å². The molecule has 35 heavy (non-hydrogen) atoms. The summed E-state index contributed by atoms with van der Waals surface area (Å²) in [6.07, 6.45) is 16.1. The molecule has 4 rings (SSSR count). The second-order valence-corrected chi connectivity index (χ2v) is 11.0. The van der Waals surface area contributed by atoms with Gasteiger partial charge in [-0.1, -0.05) is 28.9 Å². The first-order chi connectivity index (χ1) is 16.7. The Kier molecular flexibility index (Phi) is 7.97. The molecule has 1 aliphatic carbocycles. The van der Waals surface area contributed by atoms with E-state index in [9.17, 15) is 9.59 Å². The van der Waals surface area contributed by atoms with E-state index in [4.69, 9.17) is 9.47 Å². The first kappa shape index (κ1) is 25.8. The van der Waals surface area contributed by atoms with Gasteiger partial charge in [0.05, 0.1) is 12.2 Å². The normalized spacial score (nSPS) is 31.4. The lowest BCUT2D eigenvalue weighted by molar-refractivity contribution is -0.224. The van der Waals surface area contributed by atoms with Gasteiger partial charge in [-0.2, -0.15) is 0 Å². The van der Waals surface area contributed by atoms with Crippen LogP contribution < -0.4 is 0 Å². The minimum absolute atomic E-state index is 0.0355. The smallest absolute Gasteiger partial charge is 0.250 e. The summed E-state index contributed by atoms with van der Waals surface area (Å²) in [4.78, 5) is 28.2. The van der Waals surface area contributed by atoms with Crippen molar-refractivity contribution >= 4 is 11.7 Å². The molecule has 0 aromatic rings. The molecule has 1 saturated heterocycles. The number of hydrogen-bond donors (Lipinski definition) is 0. The van der Waals surface area contributed by atoms with Gasteiger partial charge in [-0.3, -0.25) is 9.59 Å². The first-order valence-electron chi connectivity index (χ1n) is 13.2. The molecule has 3 aliphatic heterocycles. The largest absolute Gasteiger partial charge is 0.339 e. The van der Waals surface area contributed by atoms with E-state index in [0.29, 0.717) is 17.6 Å². The summed E-state index contributed by atoms with van der Waals surface area (Å²) in [6, 6.07) is 0. The summed E-state index contributed by atoms with van der Waals surface area (Å²) in [5, 5.41) is 0. The maximum absolute atomic E-state index is 13.7. The van der Waals surface area contributed by atoms with Crippen LogP contribution in [0.15, 0.2) is 58.2 Å². The maximum atomic E-state index is 13.7. The number of likely N-dealkylation sites (tertiary alicyclic amines) is 1. The number of carbonyl (C=O) groups excluding carboxylic acids is 2. The van der Waals surface area contributed by atoms with Gasteiger partial charge in [-0.15, -0.1) is 0 Å². The molecule has 1 amide bonds. The Bertz CT molecular complexity index is 1000. The Balaban J connectivity index is 1.65. The molecule has 4 aliphatic rings. The molecule has 1 spiro atoms. The van der Waals surface area contributed by atoms with E-state index in [1.54, 1.807) is 0 Å². The van der Waals surface area contributed by atoms with Crippen LogP contribution in [-0.2, 0) is 19.1 Å². The van der Waals surface area contributed by atoms with E-state index in [2.05, 4.69) is 39.8 Å². The van der Waals surface area contributed by atoms with Gasteiger partial charge in [0.2, 0.25) is 11.7 Å². The van der Waals surface area contributed by atoms with Crippen molar-refractivity contribution in [2.24, 2.45) is 5.92 Å². The highest BCUT2D eigenvalue weighted by atomic mass is 16.7. The number of ether oxygens (including phenoxy) is 2. The summed E-state index contributed by atoms with van der Waals surface area (Å²) >= 11 is 0. The first-order valence-corrected chi connectivity index (χ1v) is 13.2. The van der Waals surface area contributed by atoms with Gasteiger partial charge < -0.3 is 14.4 Å². The zero-order valence-corrected chi connectivity index (χ0v) is 22.1. The molecule has 5 heteroatoms. The number of piperidine rings is 1. The predicted molar refractivity (Wildman–Crippen MR) is 139 cm³/mol. The average Bonchev–Trinajstić information content (AvgIpc) is 2.79. The Hall–Kier alpha value is -2.24. The third kappa shape index (κ3) is 6.13. The molecule has 5 nitrogen and oxygen atoms in total. The fraction of sp³-hybridized carbons (Fsp3) is 0.600. The number of fused-ring (bicyclic) bond motifs is 1. The van der Waals surface area contributed by atoms with E-state index in [1.807, 2.05) is 30.1 Å². The number of hydrogen-bond acceptors (Lipinski definition) is 4. The summed E-state index contributed by atoms with van der Waals surface area (Å²) in [5.74, 6) is -1.23. The van der Waals surface area contributed by atoms with E-state index in [0.717, 1.165) is 51.6 Å². The summed E-state index contributed by atoms with van der Waals surface area (Å²) < 4.78 is 13.2.